The van der Waals surface area contributed by atoms with E-state index >= 15 is 0 Å². The van der Waals surface area contributed by atoms with Gasteiger partial charge in [-0.2, -0.15) is 0 Å². The van der Waals surface area contributed by atoms with E-state index in [4.69, 9.17) is 34.8 Å². The van der Waals surface area contributed by atoms with E-state index in [-0.39, 0.29) is 22.5 Å². The molecule has 0 aliphatic heterocycles. The van der Waals surface area contributed by atoms with E-state index in [1.54, 1.807) is 42.5 Å². The first kappa shape index (κ1) is 18.5. The van der Waals surface area contributed by atoms with Gasteiger partial charge in [0.15, 0.2) is 0 Å². The van der Waals surface area contributed by atoms with Gasteiger partial charge in [-0.3, -0.25) is 14.4 Å². The molecule has 0 fully saturated rings. The number of Topliss-reactive ketones (excluding diaryl/α,β-unsaturated/α-hetero) is 2. The van der Waals surface area contributed by atoms with Gasteiger partial charge in [-0.25, -0.2) is 0 Å². The lowest BCUT2D eigenvalue weighted by Gasteiger charge is -2.23. The lowest BCUT2D eigenvalue weighted by Crippen LogP contribution is -2.40. The van der Waals surface area contributed by atoms with Crippen molar-refractivity contribution in [2.75, 3.05) is 5.32 Å². The number of nitrogens with one attached hydrogen (secondary N) is 2. The van der Waals surface area contributed by atoms with Crippen molar-refractivity contribution in [3.05, 3.63) is 77.1 Å². The third-order valence-electron chi connectivity index (χ3n) is 3.66. The Balaban J connectivity index is 2.10. The quantitative estimate of drug-likeness (QED) is 0.755. The normalized spacial score (nSPS) is 14.1. The second kappa shape index (κ2) is 7.11. The minimum atomic E-state index is -2.29. The van der Waals surface area contributed by atoms with E-state index in [0.29, 0.717) is 5.69 Å². The third-order valence-corrected chi connectivity index (χ3v) is 4.17. The van der Waals surface area contributed by atoms with Gasteiger partial charge in [-0.1, -0.05) is 77.3 Å². The number of anilines is 1. The van der Waals surface area contributed by atoms with Crippen molar-refractivity contribution in [3.63, 3.8) is 0 Å². The fourth-order valence-corrected chi connectivity index (χ4v) is 2.61. The molecule has 2 N–H and O–H groups in total. The zero-order chi connectivity index (χ0) is 18.9. The van der Waals surface area contributed by atoms with E-state index in [1.807, 2.05) is 0 Å². The number of para-hydroxylation sites is 1. The first-order chi connectivity index (χ1) is 12.3. The molecule has 1 amide bonds. The number of carbonyl (C=O) groups excluding carboxylic acids is 3. The van der Waals surface area contributed by atoms with Crippen LogP contribution in [0, 0.1) is 0 Å². The van der Waals surface area contributed by atoms with Crippen LogP contribution in [0.4, 0.5) is 5.69 Å². The highest BCUT2D eigenvalue weighted by atomic mass is 35.6. The maximum atomic E-state index is 12.9. The molecule has 2 aromatic rings. The summed E-state index contributed by atoms with van der Waals surface area (Å²) < 4.78 is -2.29. The summed E-state index contributed by atoms with van der Waals surface area (Å²) >= 11 is 16.7. The van der Waals surface area contributed by atoms with Crippen molar-refractivity contribution < 1.29 is 14.4 Å². The number of alkyl halides is 3. The van der Waals surface area contributed by atoms with E-state index in [1.165, 1.54) is 12.1 Å². The van der Waals surface area contributed by atoms with Crippen LogP contribution in [0.5, 0.6) is 0 Å². The van der Waals surface area contributed by atoms with Crippen LogP contribution < -0.4 is 10.6 Å². The second-order valence-electron chi connectivity index (χ2n) is 5.40. The summed E-state index contributed by atoms with van der Waals surface area (Å²) in [5.41, 5.74) is 0.582. The summed E-state index contributed by atoms with van der Waals surface area (Å²) in [6.07, 6.45) is 0. The number of halogens is 3. The largest absolute Gasteiger partial charge is 0.350 e. The van der Waals surface area contributed by atoms with Crippen LogP contribution in [-0.2, 0) is 4.79 Å². The summed E-state index contributed by atoms with van der Waals surface area (Å²) in [6, 6.07) is 15.0. The van der Waals surface area contributed by atoms with Gasteiger partial charge in [0.25, 0.3) is 9.70 Å². The summed E-state index contributed by atoms with van der Waals surface area (Å²) in [5, 5.41) is 5.14. The van der Waals surface area contributed by atoms with Crippen molar-refractivity contribution >= 4 is 58.0 Å². The molecule has 8 heteroatoms. The van der Waals surface area contributed by atoms with Gasteiger partial charge in [-0.05, 0) is 12.1 Å². The van der Waals surface area contributed by atoms with E-state index in [2.05, 4.69) is 10.6 Å². The molecule has 0 saturated heterocycles. The molecule has 0 atom stereocenters. The summed E-state index contributed by atoms with van der Waals surface area (Å²) in [4.78, 5) is 37.8. The first-order valence-electron chi connectivity index (χ1n) is 7.42. The molecule has 5 nitrogen and oxygen atoms in total. The highest BCUT2D eigenvalue weighted by molar-refractivity contribution is 6.76. The summed E-state index contributed by atoms with van der Waals surface area (Å²) in [7, 11) is 0. The number of allylic oxidation sites excluding steroid dienone is 2. The van der Waals surface area contributed by atoms with Crippen molar-refractivity contribution in [1.82, 2.24) is 5.32 Å². The molecule has 0 radical (unpaired) electrons. The fraction of sp³-hybridized carbons (Fsp3) is 0.0556. The Morgan fingerprint density at radius 3 is 1.81 bits per heavy atom. The maximum Gasteiger partial charge on any atom is 0.276 e. The Morgan fingerprint density at radius 1 is 0.769 bits per heavy atom. The standard InChI is InChI=1S/C18H11Cl3N2O3/c19-18(20,21)17(26)23-14-13(22-10-6-2-1-3-7-10)15(24)11-8-4-5-9-12(11)16(14)25/h1-9,22H,(H,23,26). The lowest BCUT2D eigenvalue weighted by atomic mass is 9.90. The topological polar surface area (TPSA) is 75.3 Å². The van der Waals surface area contributed by atoms with Crippen LogP contribution in [0.2, 0.25) is 0 Å². The van der Waals surface area contributed by atoms with E-state index < -0.39 is 21.3 Å². The summed E-state index contributed by atoms with van der Waals surface area (Å²) in [5.74, 6) is -2.05. The van der Waals surface area contributed by atoms with E-state index in [9.17, 15) is 14.4 Å². The van der Waals surface area contributed by atoms with Crippen LogP contribution in [0.1, 0.15) is 20.7 Å². The Morgan fingerprint density at radius 2 is 1.27 bits per heavy atom. The molecule has 2 aromatic carbocycles. The van der Waals surface area contributed by atoms with Crippen molar-refractivity contribution in [3.8, 4) is 0 Å². The van der Waals surface area contributed by atoms with E-state index in [0.717, 1.165) is 0 Å². The van der Waals surface area contributed by atoms with Crippen LogP contribution in [-0.4, -0.2) is 21.3 Å². The molecule has 0 saturated carbocycles. The average Bonchev–Trinajstić information content (AvgIpc) is 2.62. The van der Waals surface area contributed by atoms with Crippen LogP contribution in [0.3, 0.4) is 0 Å². The average molecular weight is 410 g/mol. The van der Waals surface area contributed by atoms with Gasteiger partial charge in [0, 0.05) is 16.8 Å². The van der Waals surface area contributed by atoms with Crippen LogP contribution in [0.25, 0.3) is 0 Å². The Kier molecular flexibility index (Phi) is 5.05. The smallest absolute Gasteiger partial charge is 0.276 e. The number of hydrogen-bond acceptors (Lipinski definition) is 4. The number of benzene rings is 2. The fourth-order valence-electron chi connectivity index (χ4n) is 2.46. The number of fused-ring (bicyclic) bond motifs is 1. The zero-order valence-corrected chi connectivity index (χ0v) is 15.3. The van der Waals surface area contributed by atoms with Gasteiger partial charge in [0.05, 0.1) is 0 Å². The van der Waals surface area contributed by atoms with Gasteiger partial charge < -0.3 is 10.6 Å². The van der Waals surface area contributed by atoms with Crippen LogP contribution >= 0.6 is 34.8 Å². The molecule has 0 unspecified atom stereocenters. The van der Waals surface area contributed by atoms with Crippen LogP contribution in [0.15, 0.2) is 66.0 Å². The van der Waals surface area contributed by atoms with Crippen molar-refractivity contribution in [2.24, 2.45) is 0 Å². The molecule has 1 aliphatic carbocycles. The Labute approximate surface area is 163 Å². The number of rotatable bonds is 3. The molecular weight excluding hydrogens is 399 g/mol. The molecule has 1 aliphatic rings. The Bertz CT molecular complexity index is 934. The number of amides is 1. The SMILES string of the molecule is O=C1C(NC(=O)C(Cl)(Cl)Cl)=C(Nc2ccccc2)C(=O)c2ccccc21. The minimum Gasteiger partial charge on any atom is -0.350 e. The highest BCUT2D eigenvalue weighted by Gasteiger charge is 2.37. The minimum absolute atomic E-state index is 0.0949. The molecule has 0 aromatic heterocycles. The molecule has 0 heterocycles. The molecule has 132 valence electrons. The van der Waals surface area contributed by atoms with Gasteiger partial charge in [0.2, 0.25) is 11.6 Å². The van der Waals surface area contributed by atoms with Gasteiger partial charge in [0.1, 0.15) is 11.4 Å². The van der Waals surface area contributed by atoms with Gasteiger partial charge in [-0.15, -0.1) is 0 Å². The number of carbonyl (C=O) groups is 3. The lowest BCUT2D eigenvalue weighted by molar-refractivity contribution is -0.119. The van der Waals surface area contributed by atoms with Crippen molar-refractivity contribution in [1.29, 1.82) is 0 Å². The molecular formula is C18H11Cl3N2O3. The maximum absolute atomic E-state index is 12.9. The molecule has 3 rings (SSSR count). The number of ketones is 2. The predicted molar refractivity (Wildman–Crippen MR) is 101 cm³/mol. The second-order valence-corrected chi connectivity index (χ2v) is 7.68. The molecule has 26 heavy (non-hydrogen) atoms. The van der Waals surface area contributed by atoms with Gasteiger partial charge >= 0.3 is 0 Å². The van der Waals surface area contributed by atoms with Crippen molar-refractivity contribution in [2.45, 2.75) is 3.79 Å². The monoisotopic (exact) mass is 408 g/mol. The molecule has 0 bridgehead atoms. The Hall–Kier alpha value is -2.34. The predicted octanol–water partition coefficient (Wildman–Crippen LogP) is 3.88. The zero-order valence-electron chi connectivity index (χ0n) is 13.1. The first-order valence-corrected chi connectivity index (χ1v) is 8.55. The third kappa shape index (κ3) is 3.60. The summed E-state index contributed by atoms with van der Waals surface area (Å²) in [6.45, 7) is 0. The number of hydrogen-bond donors (Lipinski definition) is 2. The molecule has 0 spiro atoms. The highest BCUT2D eigenvalue weighted by Crippen LogP contribution is 2.30.